The monoisotopic (exact) mass is 415 g/mol. The number of hydrogen-bond acceptors (Lipinski definition) is 6. The molecule has 0 aliphatic heterocycles. The predicted molar refractivity (Wildman–Crippen MR) is 110 cm³/mol. The van der Waals surface area contributed by atoms with E-state index in [9.17, 15) is 24.3 Å². The molecule has 10 heteroatoms. The van der Waals surface area contributed by atoms with Crippen molar-refractivity contribution in [2.45, 2.75) is 71.5 Å². The van der Waals surface area contributed by atoms with Crippen LogP contribution in [-0.2, 0) is 19.2 Å². The van der Waals surface area contributed by atoms with Crippen molar-refractivity contribution in [2.24, 2.45) is 23.3 Å². The van der Waals surface area contributed by atoms with Gasteiger partial charge in [0.05, 0.1) is 12.6 Å². The van der Waals surface area contributed by atoms with Gasteiger partial charge in [0, 0.05) is 0 Å². The number of carbonyl (C=O) groups excluding carboxylic acids is 3. The maximum atomic E-state index is 12.4. The van der Waals surface area contributed by atoms with Crippen LogP contribution < -0.4 is 27.4 Å². The van der Waals surface area contributed by atoms with Crippen molar-refractivity contribution < 1.29 is 24.3 Å². The summed E-state index contributed by atoms with van der Waals surface area (Å²) in [4.78, 5) is 48.0. The van der Waals surface area contributed by atoms with Gasteiger partial charge in [0.2, 0.25) is 17.7 Å². The molecule has 0 rings (SSSR count). The largest absolute Gasteiger partial charge is 0.480 e. The smallest absolute Gasteiger partial charge is 0.326 e. The van der Waals surface area contributed by atoms with Gasteiger partial charge in [-0.15, -0.1) is 0 Å². The lowest BCUT2D eigenvalue weighted by Gasteiger charge is -2.25. The molecule has 10 nitrogen and oxygen atoms in total. The molecule has 0 aromatic carbocycles. The molecule has 0 spiro atoms. The fraction of sp³-hybridized carbons (Fsp3) is 0.789. The van der Waals surface area contributed by atoms with Crippen molar-refractivity contribution in [3.63, 3.8) is 0 Å². The third-order valence-electron chi connectivity index (χ3n) is 4.81. The molecule has 0 aliphatic rings. The molecule has 168 valence electrons. The highest BCUT2D eigenvalue weighted by Crippen LogP contribution is 2.08. The molecule has 0 saturated carbocycles. The second-order valence-electron chi connectivity index (χ2n) is 7.60. The lowest BCUT2D eigenvalue weighted by Crippen LogP contribution is -2.56. The molecule has 0 bridgehead atoms. The van der Waals surface area contributed by atoms with Crippen LogP contribution in [0, 0.1) is 11.8 Å². The number of carbonyl (C=O) groups is 4. The Morgan fingerprint density at radius 1 is 1.00 bits per heavy atom. The number of hydrogen-bond donors (Lipinski definition) is 6. The average molecular weight is 416 g/mol. The van der Waals surface area contributed by atoms with Crippen molar-refractivity contribution in [2.75, 3.05) is 13.1 Å². The van der Waals surface area contributed by atoms with E-state index in [1.807, 2.05) is 13.8 Å². The van der Waals surface area contributed by atoms with Crippen molar-refractivity contribution in [1.82, 2.24) is 16.0 Å². The highest BCUT2D eigenvalue weighted by molar-refractivity contribution is 5.92. The predicted octanol–water partition coefficient (Wildman–Crippen LogP) is -0.685. The number of rotatable bonds is 14. The second kappa shape index (κ2) is 13.9. The normalized spacial score (nSPS) is 15.1. The van der Waals surface area contributed by atoms with Crippen LogP contribution in [0.3, 0.4) is 0 Å². The first-order chi connectivity index (χ1) is 13.5. The molecule has 0 aromatic rings. The van der Waals surface area contributed by atoms with Gasteiger partial charge in [-0.05, 0) is 37.6 Å². The first-order valence-electron chi connectivity index (χ1n) is 10.1. The Morgan fingerprint density at radius 2 is 1.62 bits per heavy atom. The first-order valence-corrected chi connectivity index (χ1v) is 10.1. The van der Waals surface area contributed by atoms with Crippen molar-refractivity contribution in [3.8, 4) is 0 Å². The molecular formula is C19H37N5O5. The molecule has 0 aliphatic carbocycles. The topological polar surface area (TPSA) is 177 Å². The Bertz CT molecular complexity index is 555. The number of aliphatic carboxylic acids is 1. The Labute approximate surface area is 172 Å². The third kappa shape index (κ3) is 10.2. The number of nitrogens with one attached hydrogen (secondary N) is 3. The summed E-state index contributed by atoms with van der Waals surface area (Å²) in [5.74, 6) is -2.99. The molecule has 3 amide bonds. The minimum Gasteiger partial charge on any atom is -0.480 e. The van der Waals surface area contributed by atoms with Crippen molar-refractivity contribution in [1.29, 1.82) is 0 Å². The lowest BCUT2D eigenvalue weighted by molar-refractivity contribution is -0.142. The van der Waals surface area contributed by atoms with Crippen LogP contribution in [0.5, 0.6) is 0 Å². The summed E-state index contributed by atoms with van der Waals surface area (Å²) >= 11 is 0. The molecule has 8 N–H and O–H groups in total. The number of amides is 3. The quantitative estimate of drug-likeness (QED) is 0.203. The Balaban J connectivity index is 4.73. The molecule has 0 saturated heterocycles. The number of carboxylic acid groups (broad SMARTS) is 1. The zero-order chi connectivity index (χ0) is 22.6. The summed E-state index contributed by atoms with van der Waals surface area (Å²) in [6.45, 7) is 7.35. The van der Waals surface area contributed by atoms with Crippen LogP contribution in [0.15, 0.2) is 0 Å². The Hall–Kier alpha value is -2.20. The Morgan fingerprint density at radius 3 is 2.10 bits per heavy atom. The molecular weight excluding hydrogens is 378 g/mol. The second-order valence-corrected chi connectivity index (χ2v) is 7.60. The molecule has 0 heterocycles. The molecule has 0 fully saturated rings. The zero-order valence-corrected chi connectivity index (χ0v) is 17.9. The van der Waals surface area contributed by atoms with Crippen LogP contribution in [0.2, 0.25) is 0 Å². The SMILES string of the molecule is CCC(C)C(N)C(=O)NC(C(=O)NCC(=O)NC(CCCCN)C(=O)O)C(C)C. The van der Waals surface area contributed by atoms with E-state index >= 15 is 0 Å². The van der Waals surface area contributed by atoms with Crippen LogP contribution in [0.4, 0.5) is 0 Å². The average Bonchev–Trinajstić information content (AvgIpc) is 2.67. The maximum Gasteiger partial charge on any atom is 0.326 e. The standard InChI is InChI=1S/C19H37N5O5/c1-5-12(4)15(21)17(26)24-16(11(2)3)18(27)22-10-14(25)23-13(19(28)29)8-6-7-9-20/h11-13,15-16H,5-10,20-21H2,1-4H3,(H,22,27)(H,23,25)(H,24,26)(H,28,29). The number of unbranched alkanes of at least 4 members (excludes halogenated alkanes) is 1. The molecule has 0 aromatic heterocycles. The van der Waals surface area contributed by atoms with Gasteiger partial charge in [-0.25, -0.2) is 4.79 Å². The van der Waals surface area contributed by atoms with E-state index in [1.165, 1.54) is 0 Å². The highest BCUT2D eigenvalue weighted by atomic mass is 16.4. The van der Waals surface area contributed by atoms with Gasteiger partial charge in [0.1, 0.15) is 12.1 Å². The summed E-state index contributed by atoms with van der Waals surface area (Å²) in [7, 11) is 0. The molecule has 29 heavy (non-hydrogen) atoms. The van der Waals surface area contributed by atoms with E-state index in [2.05, 4.69) is 16.0 Å². The van der Waals surface area contributed by atoms with Gasteiger partial charge in [0.25, 0.3) is 0 Å². The summed E-state index contributed by atoms with van der Waals surface area (Å²) in [5.41, 5.74) is 11.3. The van der Waals surface area contributed by atoms with Gasteiger partial charge in [0.15, 0.2) is 0 Å². The molecule has 0 radical (unpaired) electrons. The van der Waals surface area contributed by atoms with Crippen LogP contribution in [0.25, 0.3) is 0 Å². The minimum absolute atomic E-state index is 0.0381. The molecule has 4 unspecified atom stereocenters. The van der Waals surface area contributed by atoms with Crippen LogP contribution >= 0.6 is 0 Å². The van der Waals surface area contributed by atoms with Gasteiger partial charge < -0.3 is 32.5 Å². The zero-order valence-electron chi connectivity index (χ0n) is 17.9. The van der Waals surface area contributed by atoms with E-state index < -0.39 is 48.4 Å². The van der Waals surface area contributed by atoms with E-state index in [-0.39, 0.29) is 18.3 Å². The third-order valence-corrected chi connectivity index (χ3v) is 4.81. The van der Waals surface area contributed by atoms with E-state index in [0.29, 0.717) is 19.4 Å². The fourth-order valence-corrected chi connectivity index (χ4v) is 2.57. The van der Waals surface area contributed by atoms with Gasteiger partial charge in [-0.1, -0.05) is 34.1 Å². The Kier molecular flexibility index (Phi) is 12.8. The van der Waals surface area contributed by atoms with Crippen molar-refractivity contribution >= 4 is 23.7 Å². The number of carboxylic acids is 1. The lowest BCUT2D eigenvalue weighted by atomic mass is 9.97. The summed E-state index contributed by atoms with van der Waals surface area (Å²) < 4.78 is 0. The molecule has 4 atom stereocenters. The van der Waals surface area contributed by atoms with Gasteiger partial charge in [-0.3, -0.25) is 14.4 Å². The summed E-state index contributed by atoms with van der Waals surface area (Å²) in [5, 5.41) is 16.6. The van der Waals surface area contributed by atoms with Crippen LogP contribution in [0.1, 0.15) is 53.4 Å². The van der Waals surface area contributed by atoms with E-state index in [0.717, 1.165) is 6.42 Å². The first kappa shape index (κ1) is 26.8. The fourth-order valence-electron chi connectivity index (χ4n) is 2.57. The van der Waals surface area contributed by atoms with Crippen molar-refractivity contribution in [3.05, 3.63) is 0 Å². The summed E-state index contributed by atoms with van der Waals surface area (Å²) in [6.07, 6.45) is 2.21. The van der Waals surface area contributed by atoms with Crippen LogP contribution in [-0.4, -0.2) is 60.0 Å². The van der Waals surface area contributed by atoms with Gasteiger partial charge >= 0.3 is 5.97 Å². The van der Waals surface area contributed by atoms with E-state index in [1.54, 1.807) is 13.8 Å². The van der Waals surface area contributed by atoms with E-state index in [4.69, 9.17) is 11.5 Å². The van der Waals surface area contributed by atoms with Gasteiger partial charge in [-0.2, -0.15) is 0 Å². The highest BCUT2D eigenvalue weighted by Gasteiger charge is 2.28. The maximum absolute atomic E-state index is 12.4. The minimum atomic E-state index is -1.15. The number of nitrogens with two attached hydrogens (primary N) is 2. The summed E-state index contributed by atoms with van der Waals surface area (Å²) in [6, 6.07) is -2.63.